The van der Waals surface area contributed by atoms with Crippen molar-refractivity contribution in [2.24, 2.45) is 5.92 Å². The van der Waals surface area contributed by atoms with Gasteiger partial charge in [-0.05, 0) is 42.2 Å². The molecule has 0 radical (unpaired) electrons. The Bertz CT molecular complexity index is 523. The maximum absolute atomic E-state index is 5.44. The molecule has 2 heteroatoms. The minimum atomic E-state index is 0.777. The number of hydrogen-bond donors (Lipinski definition) is 0. The molecule has 0 spiro atoms. The van der Waals surface area contributed by atoms with E-state index < -0.39 is 0 Å². The highest BCUT2D eigenvalue weighted by Crippen LogP contribution is 2.24. The Balaban J connectivity index is 1.91. The van der Waals surface area contributed by atoms with Crippen LogP contribution in [0.4, 0.5) is 0 Å². The van der Waals surface area contributed by atoms with Crippen LogP contribution in [0.15, 0.2) is 30.5 Å². The van der Waals surface area contributed by atoms with Gasteiger partial charge in [0, 0.05) is 26.0 Å². The van der Waals surface area contributed by atoms with Crippen molar-refractivity contribution in [2.45, 2.75) is 32.7 Å². The Morgan fingerprint density at radius 2 is 2.06 bits per heavy atom. The van der Waals surface area contributed by atoms with Crippen LogP contribution in [0.1, 0.15) is 25.3 Å². The van der Waals surface area contributed by atoms with Gasteiger partial charge in [-0.1, -0.05) is 25.1 Å². The van der Waals surface area contributed by atoms with Gasteiger partial charge in [-0.3, -0.25) is 0 Å². The molecule has 0 atom stereocenters. The molecule has 3 rings (SSSR count). The number of fused-ring (bicyclic) bond motifs is 1. The number of para-hydroxylation sites is 1. The van der Waals surface area contributed by atoms with E-state index in [2.05, 4.69) is 42.0 Å². The van der Waals surface area contributed by atoms with Crippen molar-refractivity contribution < 1.29 is 4.74 Å². The van der Waals surface area contributed by atoms with Crippen LogP contribution in [0.2, 0.25) is 0 Å². The second-order valence-corrected chi connectivity index (χ2v) is 5.23. The molecule has 0 bridgehead atoms. The lowest BCUT2D eigenvalue weighted by Gasteiger charge is -2.23. The molecule has 1 aromatic carbocycles. The minimum Gasteiger partial charge on any atom is -0.381 e. The van der Waals surface area contributed by atoms with Gasteiger partial charge >= 0.3 is 0 Å². The van der Waals surface area contributed by atoms with Crippen LogP contribution in [0, 0.1) is 5.92 Å². The fourth-order valence-corrected chi connectivity index (χ4v) is 2.99. The summed E-state index contributed by atoms with van der Waals surface area (Å²) in [6, 6.07) is 8.88. The van der Waals surface area contributed by atoms with Gasteiger partial charge in [0.2, 0.25) is 0 Å². The summed E-state index contributed by atoms with van der Waals surface area (Å²) in [5.74, 6) is 0.777. The van der Waals surface area contributed by atoms with Gasteiger partial charge in [0.1, 0.15) is 0 Å². The summed E-state index contributed by atoms with van der Waals surface area (Å²) in [4.78, 5) is 0. The zero-order valence-corrected chi connectivity index (χ0v) is 11.1. The average Bonchev–Trinajstić information content (AvgIpc) is 2.83. The summed E-state index contributed by atoms with van der Waals surface area (Å²) >= 11 is 0. The second-order valence-electron chi connectivity index (χ2n) is 5.23. The molecular weight excluding hydrogens is 222 g/mol. The summed E-state index contributed by atoms with van der Waals surface area (Å²) in [7, 11) is 0. The molecule has 1 aromatic heterocycles. The number of aryl methyl sites for hydroxylation is 1. The van der Waals surface area contributed by atoms with Gasteiger partial charge in [-0.2, -0.15) is 0 Å². The second kappa shape index (κ2) is 5.15. The molecule has 2 heterocycles. The summed E-state index contributed by atoms with van der Waals surface area (Å²) in [5, 5.41) is 1.38. The van der Waals surface area contributed by atoms with Gasteiger partial charge in [0.15, 0.2) is 0 Å². The maximum Gasteiger partial charge on any atom is 0.0512 e. The van der Waals surface area contributed by atoms with Crippen molar-refractivity contribution >= 4 is 10.9 Å². The Morgan fingerprint density at radius 3 is 2.83 bits per heavy atom. The molecular formula is C16H21NO. The van der Waals surface area contributed by atoms with Crippen molar-refractivity contribution in [3.8, 4) is 0 Å². The van der Waals surface area contributed by atoms with Gasteiger partial charge in [-0.15, -0.1) is 0 Å². The zero-order valence-electron chi connectivity index (χ0n) is 11.1. The lowest BCUT2D eigenvalue weighted by molar-refractivity contribution is 0.0616. The zero-order chi connectivity index (χ0) is 12.4. The first-order chi connectivity index (χ1) is 8.88. The highest BCUT2D eigenvalue weighted by Gasteiger charge is 2.15. The number of benzene rings is 1. The quantitative estimate of drug-likeness (QED) is 0.803. The highest BCUT2D eigenvalue weighted by atomic mass is 16.5. The maximum atomic E-state index is 5.44. The van der Waals surface area contributed by atoms with E-state index in [1.807, 2.05) is 0 Å². The van der Waals surface area contributed by atoms with Gasteiger partial charge in [0.05, 0.1) is 5.52 Å². The Kier molecular flexibility index (Phi) is 3.37. The first-order valence-electron chi connectivity index (χ1n) is 7.03. The molecule has 1 aliphatic rings. The Labute approximate surface area is 109 Å². The fraction of sp³-hybridized carbons (Fsp3) is 0.500. The predicted octanol–water partition coefficient (Wildman–Crippen LogP) is 3.63. The molecule has 1 aliphatic heterocycles. The van der Waals surface area contributed by atoms with Gasteiger partial charge in [0.25, 0.3) is 0 Å². The molecule has 0 amide bonds. The van der Waals surface area contributed by atoms with Crippen molar-refractivity contribution in [1.82, 2.24) is 4.57 Å². The molecule has 0 aliphatic carbocycles. The SMILES string of the molecule is CCc1cccc2ccn(CC3CCOCC3)c12. The van der Waals surface area contributed by atoms with Crippen LogP contribution in [-0.2, 0) is 17.7 Å². The van der Waals surface area contributed by atoms with E-state index in [1.165, 1.54) is 29.3 Å². The third-order valence-corrected chi connectivity index (χ3v) is 4.05. The van der Waals surface area contributed by atoms with E-state index >= 15 is 0 Å². The normalized spacial score (nSPS) is 17.4. The van der Waals surface area contributed by atoms with E-state index in [1.54, 1.807) is 0 Å². The third-order valence-electron chi connectivity index (χ3n) is 4.05. The average molecular weight is 243 g/mol. The van der Waals surface area contributed by atoms with Crippen LogP contribution in [0.3, 0.4) is 0 Å². The lowest BCUT2D eigenvalue weighted by atomic mass is 10.00. The highest BCUT2D eigenvalue weighted by molar-refractivity contribution is 5.83. The molecule has 2 nitrogen and oxygen atoms in total. The fourth-order valence-electron chi connectivity index (χ4n) is 2.99. The molecule has 1 saturated heterocycles. The largest absolute Gasteiger partial charge is 0.381 e. The summed E-state index contributed by atoms with van der Waals surface area (Å²) in [5.41, 5.74) is 2.90. The van der Waals surface area contributed by atoms with Crippen LogP contribution < -0.4 is 0 Å². The number of rotatable bonds is 3. The lowest BCUT2D eigenvalue weighted by Crippen LogP contribution is -2.20. The van der Waals surface area contributed by atoms with Crippen molar-refractivity contribution in [1.29, 1.82) is 0 Å². The minimum absolute atomic E-state index is 0.777. The van der Waals surface area contributed by atoms with Crippen molar-refractivity contribution in [2.75, 3.05) is 13.2 Å². The van der Waals surface area contributed by atoms with E-state index in [-0.39, 0.29) is 0 Å². The summed E-state index contributed by atoms with van der Waals surface area (Å²) in [6.07, 6.45) is 5.76. The number of aromatic nitrogens is 1. The standard InChI is InChI=1S/C16H21NO/c1-2-14-4-3-5-15-6-9-17(16(14)15)12-13-7-10-18-11-8-13/h3-6,9,13H,2,7-8,10-12H2,1H3. The first-order valence-corrected chi connectivity index (χ1v) is 7.03. The van der Waals surface area contributed by atoms with Crippen molar-refractivity contribution in [3.63, 3.8) is 0 Å². The van der Waals surface area contributed by atoms with E-state index in [0.29, 0.717) is 0 Å². The number of hydrogen-bond acceptors (Lipinski definition) is 1. The molecule has 96 valence electrons. The summed E-state index contributed by atoms with van der Waals surface area (Å²) in [6.45, 7) is 5.25. The van der Waals surface area contributed by atoms with Gasteiger partial charge in [-0.25, -0.2) is 0 Å². The van der Waals surface area contributed by atoms with E-state index in [9.17, 15) is 0 Å². The molecule has 1 fully saturated rings. The Hall–Kier alpha value is -1.28. The molecule has 18 heavy (non-hydrogen) atoms. The van der Waals surface area contributed by atoms with Crippen LogP contribution in [0.5, 0.6) is 0 Å². The number of nitrogens with zero attached hydrogens (tertiary/aromatic N) is 1. The monoisotopic (exact) mass is 243 g/mol. The van der Waals surface area contributed by atoms with Crippen molar-refractivity contribution in [3.05, 3.63) is 36.0 Å². The van der Waals surface area contributed by atoms with Crippen LogP contribution in [-0.4, -0.2) is 17.8 Å². The molecule has 0 unspecified atom stereocenters. The third kappa shape index (κ3) is 2.17. The van der Waals surface area contributed by atoms with E-state index in [4.69, 9.17) is 4.74 Å². The molecule has 0 N–H and O–H groups in total. The van der Waals surface area contributed by atoms with Crippen LogP contribution >= 0.6 is 0 Å². The smallest absolute Gasteiger partial charge is 0.0512 e. The van der Waals surface area contributed by atoms with Gasteiger partial charge < -0.3 is 9.30 Å². The topological polar surface area (TPSA) is 14.2 Å². The summed E-state index contributed by atoms with van der Waals surface area (Å²) < 4.78 is 7.89. The van der Waals surface area contributed by atoms with E-state index in [0.717, 1.165) is 32.1 Å². The predicted molar refractivity (Wildman–Crippen MR) is 74.9 cm³/mol. The molecule has 0 saturated carbocycles. The molecule has 2 aromatic rings. The van der Waals surface area contributed by atoms with Crippen LogP contribution in [0.25, 0.3) is 10.9 Å². The number of ether oxygens (including phenoxy) is 1. The first kappa shape index (κ1) is 11.8. The Morgan fingerprint density at radius 1 is 1.22 bits per heavy atom.